The Morgan fingerprint density at radius 1 is 1.28 bits per heavy atom. The fourth-order valence-electron chi connectivity index (χ4n) is 2.95. The maximum Gasteiger partial charge on any atom is 0.163 e. The molecule has 0 spiro atoms. The van der Waals surface area contributed by atoms with Gasteiger partial charge in [0.1, 0.15) is 17.6 Å². The number of benzene rings is 1. The molecule has 25 heavy (non-hydrogen) atoms. The van der Waals surface area contributed by atoms with Crippen molar-refractivity contribution in [3.8, 4) is 0 Å². The largest absolute Gasteiger partial charge is 0.368 e. The van der Waals surface area contributed by atoms with Gasteiger partial charge in [-0.05, 0) is 43.2 Å². The van der Waals surface area contributed by atoms with E-state index in [1.54, 1.807) is 17.8 Å². The van der Waals surface area contributed by atoms with E-state index in [2.05, 4.69) is 45.8 Å². The first kappa shape index (κ1) is 18.4. The quantitative estimate of drug-likeness (QED) is 0.560. The van der Waals surface area contributed by atoms with Crippen LogP contribution < -0.4 is 5.32 Å². The van der Waals surface area contributed by atoms with Crippen molar-refractivity contribution in [2.75, 3.05) is 18.1 Å². The molecule has 4 nitrogen and oxygen atoms in total. The van der Waals surface area contributed by atoms with Crippen LogP contribution in [0.4, 0.5) is 10.2 Å². The molecule has 0 unspecified atom stereocenters. The second kappa shape index (κ2) is 8.83. The Balaban J connectivity index is 1.59. The highest BCUT2D eigenvalue weighted by Crippen LogP contribution is 2.32. The first-order chi connectivity index (χ1) is 12.2. The monoisotopic (exact) mass is 381 g/mol. The molecule has 1 aromatic carbocycles. The first-order valence-electron chi connectivity index (χ1n) is 8.30. The molecular formula is C18H21ClFN3OS. The van der Waals surface area contributed by atoms with Crippen LogP contribution in [0, 0.1) is 0 Å². The van der Waals surface area contributed by atoms with Crippen molar-refractivity contribution in [1.29, 1.82) is 0 Å². The van der Waals surface area contributed by atoms with Gasteiger partial charge in [0.2, 0.25) is 0 Å². The molecule has 2 atom stereocenters. The lowest BCUT2D eigenvalue weighted by Crippen LogP contribution is -2.29. The van der Waals surface area contributed by atoms with Gasteiger partial charge in [-0.3, -0.25) is 0 Å². The molecule has 134 valence electrons. The van der Waals surface area contributed by atoms with Crippen molar-refractivity contribution in [3.63, 3.8) is 0 Å². The Morgan fingerprint density at radius 3 is 2.80 bits per heavy atom. The van der Waals surface area contributed by atoms with Crippen molar-refractivity contribution in [2.24, 2.45) is 0 Å². The van der Waals surface area contributed by atoms with Crippen LogP contribution in [0.5, 0.6) is 0 Å². The van der Waals surface area contributed by atoms with Gasteiger partial charge in [0, 0.05) is 17.5 Å². The molecule has 2 heterocycles. The molecule has 1 N–H and O–H groups in total. The van der Waals surface area contributed by atoms with Crippen molar-refractivity contribution in [2.45, 2.75) is 43.0 Å². The van der Waals surface area contributed by atoms with Gasteiger partial charge in [-0.15, -0.1) is 11.8 Å². The molecule has 0 aliphatic carbocycles. The van der Waals surface area contributed by atoms with Crippen LogP contribution in [0.25, 0.3) is 0 Å². The normalized spacial score (nSPS) is 20.4. The highest BCUT2D eigenvalue weighted by atomic mass is 35.5. The van der Waals surface area contributed by atoms with E-state index in [1.807, 2.05) is 0 Å². The van der Waals surface area contributed by atoms with Crippen LogP contribution in [0.1, 0.15) is 36.8 Å². The van der Waals surface area contributed by atoms with E-state index in [9.17, 15) is 4.39 Å². The standard InChI is InChI=1S/C18H21ClFN3OS/c1-25-14-7-5-12(6-8-14)15-4-2-3-13(24-15)11-21-17-9-16(19)22-18(10-20)23-17/h5-9,13,15H,2-4,10-11H2,1H3,(H,21,22,23)/t13-,15+/m1/s1. The molecule has 1 fully saturated rings. The number of hydrogen-bond acceptors (Lipinski definition) is 5. The summed E-state index contributed by atoms with van der Waals surface area (Å²) < 4.78 is 19.0. The number of aromatic nitrogens is 2. The smallest absolute Gasteiger partial charge is 0.163 e. The first-order valence-corrected chi connectivity index (χ1v) is 9.91. The average molecular weight is 382 g/mol. The summed E-state index contributed by atoms with van der Waals surface area (Å²) in [5.41, 5.74) is 1.22. The van der Waals surface area contributed by atoms with Crippen LogP contribution in [0.3, 0.4) is 0 Å². The summed E-state index contributed by atoms with van der Waals surface area (Å²) in [4.78, 5) is 9.16. The minimum absolute atomic E-state index is 0.0848. The predicted molar refractivity (Wildman–Crippen MR) is 100 cm³/mol. The Bertz CT molecular complexity index is 701. The molecule has 0 radical (unpaired) electrons. The van der Waals surface area contributed by atoms with Crippen LogP contribution in [0.2, 0.25) is 5.15 Å². The lowest BCUT2D eigenvalue weighted by atomic mass is 9.98. The topological polar surface area (TPSA) is 47.0 Å². The number of ether oxygens (including phenoxy) is 1. The van der Waals surface area contributed by atoms with Gasteiger partial charge in [-0.1, -0.05) is 23.7 Å². The maximum atomic E-state index is 12.7. The van der Waals surface area contributed by atoms with E-state index in [4.69, 9.17) is 16.3 Å². The summed E-state index contributed by atoms with van der Waals surface area (Å²) >= 11 is 7.62. The molecule has 0 saturated carbocycles. The Labute approximate surface area is 156 Å². The number of anilines is 1. The minimum Gasteiger partial charge on any atom is -0.368 e. The van der Waals surface area contributed by atoms with Gasteiger partial charge in [0.05, 0.1) is 12.2 Å². The second-order valence-electron chi connectivity index (χ2n) is 5.96. The van der Waals surface area contributed by atoms with Gasteiger partial charge in [0.25, 0.3) is 0 Å². The molecule has 2 aromatic rings. The van der Waals surface area contributed by atoms with Gasteiger partial charge >= 0.3 is 0 Å². The van der Waals surface area contributed by atoms with E-state index in [-0.39, 0.29) is 23.2 Å². The number of nitrogens with one attached hydrogen (secondary N) is 1. The molecule has 1 saturated heterocycles. The van der Waals surface area contributed by atoms with Crippen LogP contribution in [-0.2, 0) is 11.4 Å². The van der Waals surface area contributed by atoms with Crippen molar-refractivity contribution in [3.05, 3.63) is 46.9 Å². The van der Waals surface area contributed by atoms with Gasteiger partial charge < -0.3 is 10.1 Å². The van der Waals surface area contributed by atoms with E-state index < -0.39 is 6.67 Å². The van der Waals surface area contributed by atoms with Crippen LogP contribution in [-0.4, -0.2) is 28.9 Å². The number of rotatable bonds is 6. The van der Waals surface area contributed by atoms with Crippen LogP contribution in [0.15, 0.2) is 35.2 Å². The average Bonchev–Trinajstić information content (AvgIpc) is 2.66. The van der Waals surface area contributed by atoms with E-state index in [1.165, 1.54) is 10.5 Å². The van der Waals surface area contributed by atoms with Crippen molar-refractivity contribution in [1.82, 2.24) is 9.97 Å². The number of thioether (sulfide) groups is 1. The lowest BCUT2D eigenvalue weighted by Gasteiger charge is -2.30. The Kier molecular flexibility index (Phi) is 6.51. The zero-order chi connectivity index (χ0) is 17.6. The Hall–Kier alpha value is -1.37. The molecule has 0 bridgehead atoms. The SMILES string of the molecule is CSc1ccc([C@@H]2CCC[C@H](CNc3cc(Cl)nc(CF)n3)O2)cc1. The number of alkyl halides is 1. The molecule has 3 rings (SSSR count). The van der Waals surface area contributed by atoms with Crippen molar-refractivity contribution < 1.29 is 9.13 Å². The zero-order valence-electron chi connectivity index (χ0n) is 14.0. The van der Waals surface area contributed by atoms with E-state index in [0.29, 0.717) is 12.4 Å². The molecule has 7 heteroatoms. The molecule has 1 aliphatic heterocycles. The minimum atomic E-state index is -0.733. The van der Waals surface area contributed by atoms with Crippen LogP contribution >= 0.6 is 23.4 Å². The van der Waals surface area contributed by atoms with Gasteiger partial charge in [0.15, 0.2) is 5.82 Å². The third-order valence-corrected chi connectivity index (χ3v) is 5.15. The van der Waals surface area contributed by atoms with Crippen molar-refractivity contribution >= 4 is 29.2 Å². The predicted octanol–water partition coefficient (Wildman–Crippen LogP) is 5.04. The molecular weight excluding hydrogens is 361 g/mol. The maximum absolute atomic E-state index is 12.7. The molecule has 0 amide bonds. The second-order valence-corrected chi connectivity index (χ2v) is 7.22. The zero-order valence-corrected chi connectivity index (χ0v) is 15.6. The summed E-state index contributed by atoms with van der Waals surface area (Å²) in [6, 6.07) is 10.1. The third-order valence-electron chi connectivity index (χ3n) is 4.21. The lowest BCUT2D eigenvalue weighted by molar-refractivity contribution is -0.0442. The summed E-state index contributed by atoms with van der Waals surface area (Å²) in [6.45, 7) is -0.123. The van der Waals surface area contributed by atoms with E-state index >= 15 is 0 Å². The number of nitrogens with zero attached hydrogens (tertiary/aromatic N) is 2. The highest BCUT2D eigenvalue weighted by molar-refractivity contribution is 7.98. The van der Waals surface area contributed by atoms with Gasteiger partial charge in [-0.25, -0.2) is 14.4 Å². The summed E-state index contributed by atoms with van der Waals surface area (Å²) in [5, 5.41) is 3.43. The number of hydrogen-bond donors (Lipinski definition) is 1. The highest BCUT2D eigenvalue weighted by Gasteiger charge is 2.23. The molecule has 1 aromatic heterocycles. The fraction of sp³-hybridized carbons (Fsp3) is 0.444. The molecule has 1 aliphatic rings. The van der Waals surface area contributed by atoms with Gasteiger partial charge in [-0.2, -0.15) is 0 Å². The number of halogens is 2. The third kappa shape index (κ3) is 5.06. The summed E-state index contributed by atoms with van der Waals surface area (Å²) in [7, 11) is 0. The Morgan fingerprint density at radius 2 is 2.08 bits per heavy atom. The fourth-order valence-corrected chi connectivity index (χ4v) is 3.56. The van der Waals surface area contributed by atoms with E-state index in [0.717, 1.165) is 19.3 Å². The summed E-state index contributed by atoms with van der Waals surface area (Å²) in [5.74, 6) is 0.619. The summed E-state index contributed by atoms with van der Waals surface area (Å²) in [6.07, 6.45) is 5.40.